The third kappa shape index (κ3) is 6.29. The van der Waals surface area contributed by atoms with Crippen LogP contribution in [0.15, 0.2) is 48.5 Å². The fourth-order valence-electron chi connectivity index (χ4n) is 3.10. The van der Waals surface area contributed by atoms with Crippen LogP contribution in [0.2, 0.25) is 0 Å². The van der Waals surface area contributed by atoms with Crippen LogP contribution in [0, 0.1) is 11.8 Å². The predicted molar refractivity (Wildman–Crippen MR) is 121 cm³/mol. The molecule has 2 rings (SSSR count). The fourth-order valence-corrected chi connectivity index (χ4v) is 3.10. The van der Waals surface area contributed by atoms with Crippen LogP contribution in [0.1, 0.15) is 36.2 Å². The average molecular weight is 447 g/mol. The third-order valence-electron chi connectivity index (χ3n) is 5.39. The Balaban J connectivity index is 2.17. The van der Waals surface area contributed by atoms with Crippen LogP contribution in [0.5, 0.6) is 11.5 Å². The Bertz CT molecular complexity index is 809. The van der Waals surface area contributed by atoms with Crippen molar-refractivity contribution in [1.29, 1.82) is 0 Å². The third-order valence-corrected chi connectivity index (χ3v) is 5.39. The highest BCUT2D eigenvalue weighted by atomic mass is 16.7. The maximum Gasteiger partial charge on any atom is 0.260 e. The first-order valence-corrected chi connectivity index (χ1v) is 10.8. The maximum atomic E-state index is 13.4. The second-order valence-electron chi connectivity index (χ2n) is 7.77. The zero-order valence-corrected chi connectivity index (χ0v) is 19.2. The van der Waals surface area contributed by atoms with Gasteiger partial charge >= 0.3 is 0 Å². The van der Waals surface area contributed by atoms with Gasteiger partial charge in [-0.15, -0.1) is 0 Å². The van der Waals surface area contributed by atoms with Gasteiger partial charge in [-0.1, -0.05) is 13.8 Å². The van der Waals surface area contributed by atoms with E-state index in [2.05, 4.69) is 0 Å². The molecule has 0 spiro atoms. The van der Waals surface area contributed by atoms with E-state index in [1.807, 2.05) is 13.8 Å². The van der Waals surface area contributed by atoms with Crippen molar-refractivity contribution in [3.8, 4) is 11.5 Å². The van der Waals surface area contributed by atoms with Gasteiger partial charge in [-0.05, 0) is 55.0 Å². The summed E-state index contributed by atoms with van der Waals surface area (Å²) in [4.78, 5) is 13.4. The van der Waals surface area contributed by atoms with E-state index in [-0.39, 0.29) is 30.8 Å². The molecule has 0 saturated carbocycles. The van der Waals surface area contributed by atoms with E-state index < -0.39 is 5.79 Å². The van der Waals surface area contributed by atoms with E-state index in [4.69, 9.17) is 24.1 Å². The molecule has 7 heteroatoms. The fraction of sp³-hybridized carbons (Fsp3) is 0.480. The topological polar surface area (TPSA) is 94.5 Å². The summed E-state index contributed by atoms with van der Waals surface area (Å²) in [5.74, 6) is -0.617. The molecule has 0 aromatic heterocycles. The molecule has 0 fully saturated rings. The smallest absolute Gasteiger partial charge is 0.260 e. The van der Waals surface area contributed by atoms with E-state index in [1.54, 1.807) is 48.5 Å². The van der Waals surface area contributed by atoms with Crippen LogP contribution in [-0.4, -0.2) is 56.6 Å². The Labute approximate surface area is 189 Å². The molecular formula is C25H34O7. The highest BCUT2D eigenvalue weighted by molar-refractivity contribution is 6.02. The molecule has 2 unspecified atom stereocenters. The second-order valence-corrected chi connectivity index (χ2v) is 7.77. The summed E-state index contributed by atoms with van der Waals surface area (Å²) in [6.45, 7) is 4.80. The highest BCUT2D eigenvalue weighted by Gasteiger charge is 2.41. The predicted octanol–water partition coefficient (Wildman–Crippen LogP) is 3.42. The number of aliphatic hydroxyl groups is 2. The van der Waals surface area contributed by atoms with Crippen molar-refractivity contribution >= 4 is 5.78 Å². The molecule has 2 N–H and O–H groups in total. The number of methoxy groups -OCH3 is 2. The Morgan fingerprint density at radius 2 is 1.41 bits per heavy atom. The van der Waals surface area contributed by atoms with Crippen molar-refractivity contribution in [3.05, 3.63) is 59.7 Å². The molecule has 2 atom stereocenters. The molecule has 2 aromatic carbocycles. The number of carbonyl (C=O) groups is 1. The number of Topliss-reactive ketones (excluding diaryl/α,β-unsaturated/α-hetero) is 1. The normalized spacial score (nSPS) is 13.4. The number of carbonyl (C=O) groups excluding carboxylic acids is 1. The Kier molecular flexibility index (Phi) is 10.1. The van der Waals surface area contributed by atoms with Crippen LogP contribution >= 0.6 is 0 Å². The summed E-state index contributed by atoms with van der Waals surface area (Å²) in [6.07, 6.45) is 0.821. The summed E-state index contributed by atoms with van der Waals surface area (Å²) in [7, 11) is 2.85. The minimum atomic E-state index is -1.61. The Hall–Kier alpha value is -2.45. The first-order chi connectivity index (χ1) is 15.4. The lowest BCUT2D eigenvalue weighted by Gasteiger charge is -2.30. The molecule has 32 heavy (non-hydrogen) atoms. The van der Waals surface area contributed by atoms with Crippen molar-refractivity contribution in [2.75, 3.05) is 40.6 Å². The van der Waals surface area contributed by atoms with Gasteiger partial charge in [-0.3, -0.25) is 4.79 Å². The van der Waals surface area contributed by atoms with E-state index in [1.165, 1.54) is 14.2 Å². The molecular weight excluding hydrogens is 412 g/mol. The van der Waals surface area contributed by atoms with Crippen molar-refractivity contribution in [1.82, 2.24) is 0 Å². The minimum absolute atomic E-state index is 0.0248. The van der Waals surface area contributed by atoms with E-state index in [0.717, 1.165) is 6.42 Å². The van der Waals surface area contributed by atoms with Gasteiger partial charge in [-0.2, -0.15) is 0 Å². The van der Waals surface area contributed by atoms with Crippen LogP contribution in [-0.2, 0) is 15.3 Å². The zero-order valence-electron chi connectivity index (χ0n) is 19.2. The molecule has 0 heterocycles. The molecule has 176 valence electrons. The second kappa shape index (κ2) is 12.6. The van der Waals surface area contributed by atoms with Gasteiger partial charge in [0.25, 0.3) is 5.79 Å². The number of hydrogen-bond donors (Lipinski definition) is 2. The maximum absolute atomic E-state index is 13.4. The summed E-state index contributed by atoms with van der Waals surface area (Å²) < 4.78 is 22.5. The summed E-state index contributed by atoms with van der Waals surface area (Å²) in [6, 6.07) is 13.7. The van der Waals surface area contributed by atoms with Crippen molar-refractivity contribution < 1.29 is 34.0 Å². The highest BCUT2D eigenvalue weighted by Crippen LogP contribution is 2.32. The van der Waals surface area contributed by atoms with Gasteiger partial charge in [0.1, 0.15) is 11.5 Å². The van der Waals surface area contributed by atoms with Crippen LogP contribution in [0.25, 0.3) is 0 Å². The summed E-state index contributed by atoms with van der Waals surface area (Å²) in [5.41, 5.74) is 0.941. The van der Waals surface area contributed by atoms with Gasteiger partial charge in [0.2, 0.25) is 5.78 Å². The quantitative estimate of drug-likeness (QED) is 0.339. The van der Waals surface area contributed by atoms with Crippen molar-refractivity contribution in [3.63, 3.8) is 0 Å². The number of aliphatic hydroxyl groups excluding tert-OH is 2. The van der Waals surface area contributed by atoms with Crippen LogP contribution in [0.3, 0.4) is 0 Å². The molecule has 0 amide bonds. The number of ketones is 1. The number of ether oxygens (including phenoxy) is 4. The Morgan fingerprint density at radius 3 is 1.88 bits per heavy atom. The lowest BCUT2D eigenvalue weighted by atomic mass is 9.95. The number of rotatable bonds is 14. The first kappa shape index (κ1) is 25.8. The molecule has 7 nitrogen and oxygen atoms in total. The molecule has 0 aliphatic heterocycles. The van der Waals surface area contributed by atoms with Gasteiger partial charge in [0, 0.05) is 50.4 Å². The first-order valence-electron chi connectivity index (χ1n) is 10.8. The van der Waals surface area contributed by atoms with Crippen molar-refractivity contribution in [2.24, 2.45) is 11.8 Å². The zero-order chi connectivity index (χ0) is 23.6. The standard InChI is InChI=1S/C25H34O7/c1-5-19(15-27)17-32-22-10-6-20(7-11-22)24(28)25(29-3,30-4)21-8-12-23(13-9-21)31-16-18(2)14-26/h6-13,18-19,26-27H,5,14-17H2,1-4H3. The molecule has 0 radical (unpaired) electrons. The van der Waals surface area contributed by atoms with Crippen molar-refractivity contribution in [2.45, 2.75) is 26.1 Å². The van der Waals surface area contributed by atoms with Crippen LogP contribution < -0.4 is 9.47 Å². The average Bonchev–Trinajstić information content (AvgIpc) is 2.85. The van der Waals surface area contributed by atoms with E-state index >= 15 is 0 Å². The lowest BCUT2D eigenvalue weighted by Crippen LogP contribution is -2.40. The molecule has 0 aliphatic rings. The monoisotopic (exact) mass is 446 g/mol. The molecule has 0 saturated heterocycles. The number of hydrogen-bond acceptors (Lipinski definition) is 7. The molecule has 0 bridgehead atoms. The summed E-state index contributed by atoms with van der Waals surface area (Å²) in [5, 5.41) is 18.4. The number of benzene rings is 2. The minimum Gasteiger partial charge on any atom is -0.493 e. The van der Waals surface area contributed by atoms with Gasteiger partial charge in [0.15, 0.2) is 0 Å². The van der Waals surface area contributed by atoms with Gasteiger partial charge < -0.3 is 29.2 Å². The SMILES string of the molecule is CCC(CO)COc1ccc(C(=O)C(OC)(OC)c2ccc(OCC(C)CO)cc2)cc1. The largest absolute Gasteiger partial charge is 0.493 e. The summed E-state index contributed by atoms with van der Waals surface area (Å²) >= 11 is 0. The lowest BCUT2D eigenvalue weighted by molar-refractivity contribution is -0.176. The molecule has 0 aliphatic carbocycles. The Morgan fingerprint density at radius 1 is 0.875 bits per heavy atom. The van der Waals surface area contributed by atoms with Crippen LogP contribution in [0.4, 0.5) is 0 Å². The van der Waals surface area contributed by atoms with E-state index in [0.29, 0.717) is 35.8 Å². The molecule has 2 aromatic rings. The van der Waals surface area contributed by atoms with Gasteiger partial charge in [0.05, 0.1) is 13.2 Å². The van der Waals surface area contributed by atoms with E-state index in [9.17, 15) is 9.90 Å². The van der Waals surface area contributed by atoms with Gasteiger partial charge in [-0.25, -0.2) is 0 Å².